The highest BCUT2D eigenvalue weighted by Gasteiger charge is 2.30. The van der Waals surface area contributed by atoms with Gasteiger partial charge in [0.1, 0.15) is 5.82 Å². The van der Waals surface area contributed by atoms with E-state index in [1.807, 2.05) is 13.0 Å². The highest BCUT2D eigenvalue weighted by Crippen LogP contribution is 2.25. The maximum absolute atomic E-state index is 12.1. The van der Waals surface area contributed by atoms with Crippen LogP contribution >= 0.6 is 0 Å². The lowest BCUT2D eigenvalue weighted by Gasteiger charge is -2.23. The Bertz CT molecular complexity index is 491. The van der Waals surface area contributed by atoms with Crippen molar-refractivity contribution < 1.29 is 8.95 Å². The summed E-state index contributed by atoms with van der Waals surface area (Å²) in [6.07, 6.45) is 0.894. The molecule has 0 N–H and O–H groups in total. The van der Waals surface area contributed by atoms with Gasteiger partial charge in [-0.1, -0.05) is 0 Å². The Morgan fingerprint density at radius 3 is 2.79 bits per heavy atom. The maximum atomic E-state index is 12.1. The average molecular weight is 283 g/mol. The highest BCUT2D eigenvalue weighted by atomic mass is 32.2. The van der Waals surface area contributed by atoms with Gasteiger partial charge in [-0.3, -0.25) is 4.21 Å². The molecule has 0 aromatic carbocycles. The first-order valence-corrected chi connectivity index (χ1v) is 7.77. The Kier molecular flexibility index (Phi) is 4.08. The number of hydrogen-bond acceptors (Lipinski definition) is 5. The van der Waals surface area contributed by atoms with Crippen LogP contribution < -0.4 is 9.64 Å². The number of nitrogens with zero attached hydrogens (tertiary/aromatic N) is 3. The number of aromatic nitrogens is 2. The second kappa shape index (κ2) is 5.45. The predicted octanol–water partition coefficient (Wildman–Crippen LogP) is 1.53. The Balaban J connectivity index is 2.23. The molecule has 1 unspecified atom stereocenters. The van der Waals surface area contributed by atoms with Crippen LogP contribution in [0.25, 0.3) is 0 Å². The van der Waals surface area contributed by atoms with Crippen LogP contribution in [0, 0.1) is 6.92 Å². The summed E-state index contributed by atoms with van der Waals surface area (Å²) in [5, 5.41) is 0. The van der Waals surface area contributed by atoms with E-state index >= 15 is 0 Å². The average Bonchev–Trinajstić information content (AvgIpc) is 2.49. The van der Waals surface area contributed by atoms with Crippen molar-refractivity contribution in [2.45, 2.75) is 31.9 Å². The van der Waals surface area contributed by atoms with Gasteiger partial charge in [-0.05, 0) is 27.2 Å². The summed E-state index contributed by atoms with van der Waals surface area (Å²) in [5.41, 5.74) is 0.881. The van der Waals surface area contributed by atoms with Crippen molar-refractivity contribution in [3.8, 4) is 6.01 Å². The molecule has 1 aliphatic heterocycles. The molecule has 1 atom stereocenters. The van der Waals surface area contributed by atoms with Gasteiger partial charge in [0.2, 0.25) is 0 Å². The van der Waals surface area contributed by atoms with Gasteiger partial charge in [-0.25, -0.2) is 4.98 Å². The van der Waals surface area contributed by atoms with Crippen molar-refractivity contribution in [3.05, 3.63) is 11.8 Å². The first kappa shape index (κ1) is 14.2. The van der Waals surface area contributed by atoms with E-state index in [9.17, 15) is 4.21 Å². The van der Waals surface area contributed by atoms with E-state index in [0.717, 1.165) is 31.0 Å². The first-order chi connectivity index (χ1) is 8.92. The summed E-state index contributed by atoms with van der Waals surface area (Å²) in [5.74, 6) is 1.54. The normalized spacial score (nSPS) is 22.9. The maximum Gasteiger partial charge on any atom is 0.318 e. The largest absolute Gasteiger partial charge is 0.467 e. The minimum atomic E-state index is -0.791. The van der Waals surface area contributed by atoms with Gasteiger partial charge < -0.3 is 9.64 Å². The molecule has 1 aromatic heterocycles. The third-order valence-corrected chi connectivity index (χ3v) is 5.46. The fourth-order valence-electron chi connectivity index (χ4n) is 2.11. The van der Waals surface area contributed by atoms with Crippen molar-refractivity contribution in [1.29, 1.82) is 0 Å². The second-order valence-corrected chi connectivity index (χ2v) is 7.61. The third-order valence-electron chi connectivity index (χ3n) is 3.47. The molecule has 1 aliphatic rings. The zero-order valence-corrected chi connectivity index (χ0v) is 12.8. The predicted molar refractivity (Wildman–Crippen MR) is 77.2 cm³/mol. The minimum absolute atomic E-state index is 0.124. The van der Waals surface area contributed by atoms with Gasteiger partial charge in [-0.2, -0.15) is 4.98 Å². The lowest BCUT2D eigenvalue weighted by Crippen LogP contribution is -2.28. The summed E-state index contributed by atoms with van der Waals surface area (Å²) >= 11 is 0. The van der Waals surface area contributed by atoms with Crippen LogP contribution in [-0.2, 0) is 10.8 Å². The summed E-state index contributed by atoms with van der Waals surface area (Å²) in [6, 6.07) is 2.34. The van der Waals surface area contributed by atoms with Crippen LogP contribution in [0.3, 0.4) is 0 Å². The zero-order valence-electron chi connectivity index (χ0n) is 12.0. The van der Waals surface area contributed by atoms with Gasteiger partial charge in [0.15, 0.2) is 0 Å². The molecule has 1 saturated heterocycles. The molecule has 0 saturated carbocycles. The molecule has 0 amide bonds. The minimum Gasteiger partial charge on any atom is -0.467 e. The van der Waals surface area contributed by atoms with E-state index in [4.69, 9.17) is 4.74 Å². The van der Waals surface area contributed by atoms with E-state index in [1.165, 1.54) is 0 Å². The molecule has 1 fully saturated rings. The van der Waals surface area contributed by atoms with Crippen molar-refractivity contribution in [1.82, 2.24) is 9.97 Å². The molecule has 2 heterocycles. The molecule has 0 radical (unpaired) electrons. The number of ether oxygens (including phenoxy) is 1. The number of rotatable bonds is 2. The lowest BCUT2D eigenvalue weighted by atomic mass is 10.1. The summed E-state index contributed by atoms with van der Waals surface area (Å²) in [4.78, 5) is 10.7. The van der Waals surface area contributed by atoms with Gasteiger partial charge in [0.25, 0.3) is 0 Å². The molecule has 2 rings (SSSR count). The summed E-state index contributed by atoms with van der Waals surface area (Å²) in [7, 11) is 0.777. The molecule has 6 heteroatoms. The topological polar surface area (TPSA) is 55.3 Å². The van der Waals surface area contributed by atoms with E-state index in [-0.39, 0.29) is 4.75 Å². The van der Waals surface area contributed by atoms with E-state index in [0.29, 0.717) is 11.8 Å². The molecule has 106 valence electrons. The Labute approximate surface area is 116 Å². The van der Waals surface area contributed by atoms with Crippen molar-refractivity contribution in [3.63, 3.8) is 0 Å². The standard InChI is InChI=1S/C13H21N3O2S/c1-10-9-11(15-12(14-10)18-4)16-6-5-13(2,3)19(17)8-7-16/h9H,5-8H2,1-4H3. The van der Waals surface area contributed by atoms with Crippen LogP contribution in [0.5, 0.6) is 6.01 Å². The lowest BCUT2D eigenvalue weighted by molar-refractivity contribution is 0.378. The monoisotopic (exact) mass is 283 g/mol. The number of aryl methyl sites for hydroxylation is 1. The molecule has 0 bridgehead atoms. The quantitative estimate of drug-likeness (QED) is 0.824. The smallest absolute Gasteiger partial charge is 0.318 e. The van der Waals surface area contributed by atoms with Gasteiger partial charge in [0, 0.05) is 46.1 Å². The van der Waals surface area contributed by atoms with E-state index in [1.54, 1.807) is 7.11 Å². The molecular weight excluding hydrogens is 262 g/mol. The SMILES string of the molecule is COc1nc(C)cc(N2CCS(=O)C(C)(C)CC2)n1. The van der Waals surface area contributed by atoms with Gasteiger partial charge >= 0.3 is 6.01 Å². The van der Waals surface area contributed by atoms with Crippen LogP contribution in [-0.4, -0.2) is 44.9 Å². The summed E-state index contributed by atoms with van der Waals surface area (Å²) < 4.78 is 17.1. The van der Waals surface area contributed by atoms with Crippen molar-refractivity contribution >= 4 is 16.6 Å². The number of anilines is 1. The van der Waals surface area contributed by atoms with Crippen LogP contribution in [0.2, 0.25) is 0 Å². The Hall–Kier alpha value is -1.17. The third kappa shape index (κ3) is 3.23. The van der Waals surface area contributed by atoms with Crippen LogP contribution in [0.1, 0.15) is 26.0 Å². The molecule has 0 aliphatic carbocycles. The van der Waals surface area contributed by atoms with Crippen LogP contribution in [0.15, 0.2) is 6.07 Å². The van der Waals surface area contributed by atoms with E-state index < -0.39 is 10.8 Å². The molecular formula is C13H21N3O2S. The molecule has 19 heavy (non-hydrogen) atoms. The molecule has 0 spiro atoms. The fourth-order valence-corrected chi connectivity index (χ4v) is 3.36. The molecule has 5 nitrogen and oxygen atoms in total. The van der Waals surface area contributed by atoms with Crippen molar-refractivity contribution in [2.24, 2.45) is 0 Å². The second-order valence-electron chi connectivity index (χ2n) is 5.40. The van der Waals surface area contributed by atoms with Gasteiger partial charge in [-0.15, -0.1) is 0 Å². The Morgan fingerprint density at radius 1 is 1.37 bits per heavy atom. The van der Waals surface area contributed by atoms with Gasteiger partial charge in [0.05, 0.1) is 7.11 Å². The number of methoxy groups -OCH3 is 1. The van der Waals surface area contributed by atoms with Crippen molar-refractivity contribution in [2.75, 3.05) is 30.9 Å². The fraction of sp³-hybridized carbons (Fsp3) is 0.692. The summed E-state index contributed by atoms with van der Waals surface area (Å²) in [6.45, 7) is 7.68. The zero-order chi connectivity index (χ0) is 14.0. The highest BCUT2D eigenvalue weighted by molar-refractivity contribution is 7.86. The first-order valence-electron chi connectivity index (χ1n) is 6.45. The number of hydrogen-bond donors (Lipinski definition) is 0. The Morgan fingerprint density at radius 2 is 2.11 bits per heavy atom. The molecule has 1 aromatic rings. The van der Waals surface area contributed by atoms with E-state index in [2.05, 4.69) is 28.7 Å². The van der Waals surface area contributed by atoms with Crippen LogP contribution in [0.4, 0.5) is 5.82 Å².